The molecule has 6 heteroatoms. The molecule has 1 aromatic carbocycles. The lowest BCUT2D eigenvalue weighted by Crippen LogP contribution is -2.05. The van der Waals surface area contributed by atoms with Crippen LogP contribution >= 0.6 is 0 Å². The van der Waals surface area contributed by atoms with Gasteiger partial charge in [0.1, 0.15) is 6.07 Å². The summed E-state index contributed by atoms with van der Waals surface area (Å²) in [6.45, 7) is 3.99. The molecule has 0 spiro atoms. The first-order valence-corrected chi connectivity index (χ1v) is 6.20. The molecule has 0 saturated heterocycles. The van der Waals surface area contributed by atoms with Gasteiger partial charge >= 0.3 is 0 Å². The molecule has 0 bridgehead atoms. The lowest BCUT2D eigenvalue weighted by Gasteiger charge is -2.12. The van der Waals surface area contributed by atoms with Crippen LogP contribution in [-0.4, -0.2) is 29.2 Å². The van der Waals surface area contributed by atoms with Crippen LogP contribution in [-0.2, 0) is 0 Å². The number of aromatic nitrogens is 3. The van der Waals surface area contributed by atoms with Gasteiger partial charge in [-0.1, -0.05) is 19.1 Å². The van der Waals surface area contributed by atoms with Crippen LogP contribution in [0.2, 0.25) is 0 Å². The Kier molecular flexibility index (Phi) is 3.89. The predicted molar refractivity (Wildman–Crippen MR) is 73.3 cm³/mol. The van der Waals surface area contributed by atoms with Gasteiger partial charge in [0.2, 0.25) is 0 Å². The van der Waals surface area contributed by atoms with Crippen LogP contribution in [0.1, 0.15) is 31.2 Å². The first-order chi connectivity index (χ1) is 9.62. The molecule has 0 saturated carbocycles. The number of benzene rings is 1. The third kappa shape index (κ3) is 2.30. The summed E-state index contributed by atoms with van der Waals surface area (Å²) in [7, 11) is 3.16. The van der Waals surface area contributed by atoms with Crippen LogP contribution in [0.5, 0.6) is 11.5 Å². The molecule has 0 radical (unpaired) electrons. The number of hydrogen-bond donors (Lipinski definition) is 0. The number of nitriles is 1. The number of hydrogen-bond acceptors (Lipinski definition) is 5. The number of rotatable bonds is 4. The van der Waals surface area contributed by atoms with Crippen molar-refractivity contribution < 1.29 is 9.47 Å². The molecular weight excluding hydrogens is 256 g/mol. The van der Waals surface area contributed by atoms with Crippen molar-refractivity contribution in [1.82, 2.24) is 15.0 Å². The SMILES string of the molecule is COc1ccc(-n2nnc(C#N)c2C(C)C)cc1OC. The summed E-state index contributed by atoms with van der Waals surface area (Å²) in [6.07, 6.45) is 0. The van der Waals surface area contributed by atoms with E-state index in [0.29, 0.717) is 17.2 Å². The van der Waals surface area contributed by atoms with Gasteiger partial charge in [0.25, 0.3) is 0 Å². The van der Waals surface area contributed by atoms with Gasteiger partial charge in [0.05, 0.1) is 25.6 Å². The molecule has 0 atom stereocenters. The Balaban J connectivity index is 2.58. The van der Waals surface area contributed by atoms with Crippen LogP contribution in [0.15, 0.2) is 18.2 Å². The minimum absolute atomic E-state index is 0.132. The van der Waals surface area contributed by atoms with E-state index in [4.69, 9.17) is 14.7 Å². The van der Waals surface area contributed by atoms with E-state index in [1.165, 1.54) is 0 Å². The largest absolute Gasteiger partial charge is 0.493 e. The van der Waals surface area contributed by atoms with Gasteiger partial charge in [-0.3, -0.25) is 0 Å². The summed E-state index contributed by atoms with van der Waals surface area (Å²) in [6, 6.07) is 7.52. The second-order valence-corrected chi connectivity index (χ2v) is 4.54. The standard InChI is InChI=1S/C14H16N4O2/c1-9(2)14-11(8-15)16-17-18(14)10-5-6-12(19-3)13(7-10)20-4/h5-7,9H,1-4H3. The highest BCUT2D eigenvalue weighted by molar-refractivity contribution is 5.49. The highest BCUT2D eigenvalue weighted by Gasteiger charge is 2.18. The molecule has 1 aromatic heterocycles. The van der Waals surface area contributed by atoms with Crippen molar-refractivity contribution in [2.24, 2.45) is 0 Å². The topological polar surface area (TPSA) is 73.0 Å². The molecule has 104 valence electrons. The van der Waals surface area contributed by atoms with Gasteiger partial charge < -0.3 is 9.47 Å². The zero-order valence-electron chi connectivity index (χ0n) is 11.9. The normalized spacial score (nSPS) is 10.4. The van der Waals surface area contributed by atoms with Gasteiger partial charge in [0.15, 0.2) is 17.2 Å². The maximum atomic E-state index is 9.10. The number of nitrogens with zero attached hydrogens (tertiary/aromatic N) is 4. The molecule has 20 heavy (non-hydrogen) atoms. The average Bonchev–Trinajstić information content (AvgIpc) is 2.90. The van der Waals surface area contributed by atoms with Crippen LogP contribution in [0.3, 0.4) is 0 Å². The Hall–Kier alpha value is -2.55. The van der Waals surface area contributed by atoms with E-state index in [1.54, 1.807) is 31.0 Å². The Labute approximate surface area is 117 Å². The average molecular weight is 272 g/mol. The molecule has 0 unspecified atom stereocenters. The third-order valence-corrected chi connectivity index (χ3v) is 2.97. The highest BCUT2D eigenvalue weighted by atomic mass is 16.5. The Morgan fingerprint density at radius 3 is 2.45 bits per heavy atom. The van der Waals surface area contributed by atoms with Crippen LogP contribution in [0.4, 0.5) is 0 Å². The monoisotopic (exact) mass is 272 g/mol. The van der Waals surface area contributed by atoms with E-state index in [9.17, 15) is 0 Å². The summed E-state index contributed by atoms with van der Waals surface area (Å²) >= 11 is 0. The van der Waals surface area contributed by atoms with Gasteiger partial charge in [-0.25, -0.2) is 4.68 Å². The molecule has 0 fully saturated rings. The first-order valence-electron chi connectivity index (χ1n) is 6.20. The number of ether oxygens (including phenoxy) is 2. The Bertz CT molecular complexity index is 656. The maximum Gasteiger partial charge on any atom is 0.186 e. The molecule has 2 aromatic rings. The summed E-state index contributed by atoms with van der Waals surface area (Å²) in [5, 5.41) is 17.1. The van der Waals surface area contributed by atoms with Crippen LogP contribution in [0.25, 0.3) is 5.69 Å². The van der Waals surface area contributed by atoms with E-state index in [-0.39, 0.29) is 5.92 Å². The van der Waals surface area contributed by atoms with Crippen molar-refractivity contribution >= 4 is 0 Å². The van der Waals surface area contributed by atoms with Crippen LogP contribution in [0, 0.1) is 11.3 Å². The molecular formula is C14H16N4O2. The van der Waals surface area contributed by atoms with Gasteiger partial charge in [-0.2, -0.15) is 5.26 Å². The van der Waals surface area contributed by atoms with E-state index >= 15 is 0 Å². The maximum absolute atomic E-state index is 9.10. The predicted octanol–water partition coefficient (Wildman–Crippen LogP) is 2.28. The van der Waals surface area contributed by atoms with Crippen molar-refractivity contribution in [1.29, 1.82) is 5.26 Å². The zero-order chi connectivity index (χ0) is 14.7. The number of methoxy groups -OCH3 is 2. The summed E-state index contributed by atoms with van der Waals surface area (Å²) in [5.74, 6) is 1.38. The highest BCUT2D eigenvalue weighted by Crippen LogP contribution is 2.30. The van der Waals surface area contributed by atoms with Crippen molar-refractivity contribution in [2.75, 3.05) is 14.2 Å². The molecule has 6 nitrogen and oxygen atoms in total. The third-order valence-electron chi connectivity index (χ3n) is 2.97. The second kappa shape index (κ2) is 5.61. The lowest BCUT2D eigenvalue weighted by atomic mass is 10.1. The zero-order valence-corrected chi connectivity index (χ0v) is 11.9. The van der Waals surface area contributed by atoms with E-state index in [2.05, 4.69) is 16.4 Å². The minimum atomic E-state index is 0.132. The van der Waals surface area contributed by atoms with Crippen molar-refractivity contribution in [3.63, 3.8) is 0 Å². The fourth-order valence-corrected chi connectivity index (χ4v) is 2.03. The van der Waals surface area contributed by atoms with E-state index in [1.807, 2.05) is 19.9 Å². The molecule has 1 heterocycles. The molecule has 0 amide bonds. The summed E-state index contributed by atoms with van der Waals surface area (Å²) in [5.41, 5.74) is 1.90. The fraction of sp³-hybridized carbons (Fsp3) is 0.357. The van der Waals surface area contributed by atoms with Crippen molar-refractivity contribution in [3.8, 4) is 23.3 Å². The minimum Gasteiger partial charge on any atom is -0.493 e. The smallest absolute Gasteiger partial charge is 0.186 e. The molecule has 0 aliphatic carbocycles. The molecule has 0 aliphatic heterocycles. The van der Waals surface area contributed by atoms with E-state index < -0.39 is 0 Å². The van der Waals surface area contributed by atoms with E-state index in [0.717, 1.165) is 11.4 Å². The summed E-state index contributed by atoms with van der Waals surface area (Å²) < 4.78 is 12.1. The molecule has 0 aliphatic rings. The fourth-order valence-electron chi connectivity index (χ4n) is 2.03. The van der Waals surface area contributed by atoms with Gasteiger partial charge in [-0.05, 0) is 18.1 Å². The Morgan fingerprint density at radius 1 is 1.20 bits per heavy atom. The van der Waals surface area contributed by atoms with Crippen molar-refractivity contribution in [2.45, 2.75) is 19.8 Å². The Morgan fingerprint density at radius 2 is 1.90 bits per heavy atom. The molecule has 0 N–H and O–H groups in total. The van der Waals surface area contributed by atoms with Gasteiger partial charge in [0, 0.05) is 6.07 Å². The first kappa shape index (κ1) is 13.9. The second-order valence-electron chi connectivity index (χ2n) is 4.54. The van der Waals surface area contributed by atoms with Crippen molar-refractivity contribution in [3.05, 3.63) is 29.6 Å². The van der Waals surface area contributed by atoms with Crippen LogP contribution < -0.4 is 9.47 Å². The lowest BCUT2D eigenvalue weighted by molar-refractivity contribution is 0.354. The van der Waals surface area contributed by atoms with Gasteiger partial charge in [-0.15, -0.1) is 5.10 Å². The summed E-state index contributed by atoms with van der Waals surface area (Å²) in [4.78, 5) is 0. The quantitative estimate of drug-likeness (QED) is 0.853. The molecule has 2 rings (SSSR count).